The summed E-state index contributed by atoms with van der Waals surface area (Å²) in [6, 6.07) is 3.55. The van der Waals surface area contributed by atoms with Gasteiger partial charge in [-0.1, -0.05) is 18.1 Å². The molecule has 0 radical (unpaired) electrons. The van der Waals surface area contributed by atoms with Crippen molar-refractivity contribution in [3.8, 4) is 6.07 Å². The molecule has 0 spiro atoms. The minimum absolute atomic E-state index is 0.253. The molecule has 0 amide bonds. The molecule has 2 fully saturated rings. The van der Waals surface area contributed by atoms with E-state index < -0.39 is 0 Å². The summed E-state index contributed by atoms with van der Waals surface area (Å²) in [4.78, 5) is 2.53. The van der Waals surface area contributed by atoms with Gasteiger partial charge in [0.25, 0.3) is 0 Å². The highest BCUT2D eigenvalue weighted by molar-refractivity contribution is 4.99. The van der Waals surface area contributed by atoms with Gasteiger partial charge in [0.2, 0.25) is 0 Å². The Kier molecular flexibility index (Phi) is 5.42. The average molecular weight is 261 g/mol. The molecule has 0 bridgehead atoms. The lowest BCUT2D eigenvalue weighted by atomic mass is 10.00. The minimum Gasteiger partial charge on any atom is -0.310 e. The van der Waals surface area contributed by atoms with E-state index in [4.69, 9.17) is 5.26 Å². The van der Waals surface area contributed by atoms with Gasteiger partial charge in [-0.15, -0.1) is 0 Å². The maximum atomic E-state index is 9.13. The summed E-state index contributed by atoms with van der Waals surface area (Å²) >= 11 is 0. The van der Waals surface area contributed by atoms with Crippen molar-refractivity contribution < 1.29 is 0 Å². The molecule has 2 unspecified atom stereocenters. The highest BCUT2D eigenvalue weighted by Gasteiger charge is 2.29. The van der Waals surface area contributed by atoms with Crippen LogP contribution < -0.4 is 5.32 Å². The van der Waals surface area contributed by atoms with Crippen molar-refractivity contribution in [1.82, 2.24) is 10.2 Å². The van der Waals surface area contributed by atoms with Crippen LogP contribution >= 0.6 is 0 Å². The molecular weight excluding hydrogens is 234 g/mol. The van der Waals surface area contributed by atoms with Crippen LogP contribution in [-0.2, 0) is 0 Å². The molecule has 1 heterocycles. The van der Waals surface area contributed by atoms with Gasteiger partial charge < -0.3 is 5.32 Å². The Labute approximate surface area is 117 Å². The Bertz CT molecular complexity index is 343. The SMILES string of the molecule is CC(C)=CCN1CCC(NC2CCCC2C#N)CC1. The zero-order chi connectivity index (χ0) is 13.7. The van der Waals surface area contributed by atoms with E-state index in [0.29, 0.717) is 12.1 Å². The molecule has 0 aromatic rings. The van der Waals surface area contributed by atoms with Crippen LogP contribution in [0.4, 0.5) is 0 Å². The molecule has 2 atom stereocenters. The van der Waals surface area contributed by atoms with Gasteiger partial charge in [0, 0.05) is 18.6 Å². The van der Waals surface area contributed by atoms with E-state index in [0.717, 1.165) is 13.0 Å². The summed E-state index contributed by atoms with van der Waals surface area (Å²) in [5, 5.41) is 12.9. The topological polar surface area (TPSA) is 39.1 Å². The fourth-order valence-electron chi connectivity index (χ4n) is 3.21. The number of hydrogen-bond donors (Lipinski definition) is 1. The predicted octanol–water partition coefficient (Wildman–Crippen LogP) is 2.70. The second-order valence-electron chi connectivity index (χ2n) is 6.30. The average Bonchev–Trinajstić information content (AvgIpc) is 2.85. The summed E-state index contributed by atoms with van der Waals surface area (Å²) in [6.07, 6.45) is 8.27. The van der Waals surface area contributed by atoms with Crippen molar-refractivity contribution in [2.75, 3.05) is 19.6 Å². The summed E-state index contributed by atoms with van der Waals surface area (Å²) in [5.74, 6) is 0.253. The number of nitrogens with one attached hydrogen (secondary N) is 1. The zero-order valence-electron chi connectivity index (χ0n) is 12.4. The number of nitriles is 1. The van der Waals surface area contributed by atoms with E-state index in [-0.39, 0.29) is 5.92 Å². The normalized spacial score (nSPS) is 29.1. The molecule has 3 nitrogen and oxygen atoms in total. The number of rotatable bonds is 4. The van der Waals surface area contributed by atoms with Crippen LogP contribution in [0.2, 0.25) is 0 Å². The molecule has 2 rings (SSSR count). The van der Waals surface area contributed by atoms with Gasteiger partial charge >= 0.3 is 0 Å². The van der Waals surface area contributed by atoms with E-state index in [1.54, 1.807) is 0 Å². The Morgan fingerprint density at radius 1 is 1.26 bits per heavy atom. The quantitative estimate of drug-likeness (QED) is 0.791. The van der Waals surface area contributed by atoms with E-state index in [1.807, 2.05) is 0 Å². The van der Waals surface area contributed by atoms with Crippen LogP contribution in [-0.4, -0.2) is 36.6 Å². The molecule has 2 aliphatic rings. The highest BCUT2D eigenvalue weighted by atomic mass is 15.1. The third-order valence-electron chi connectivity index (χ3n) is 4.48. The Morgan fingerprint density at radius 3 is 2.63 bits per heavy atom. The summed E-state index contributed by atoms with van der Waals surface area (Å²) in [5.41, 5.74) is 1.41. The number of likely N-dealkylation sites (tertiary alicyclic amines) is 1. The van der Waals surface area contributed by atoms with Crippen LogP contribution in [0.3, 0.4) is 0 Å². The summed E-state index contributed by atoms with van der Waals surface area (Å²) in [6.45, 7) is 7.79. The fraction of sp³-hybridized carbons (Fsp3) is 0.812. The summed E-state index contributed by atoms with van der Waals surface area (Å²) < 4.78 is 0. The first kappa shape index (κ1) is 14.6. The Balaban J connectivity index is 1.72. The maximum absolute atomic E-state index is 9.13. The lowest BCUT2D eigenvalue weighted by Gasteiger charge is -2.34. The molecule has 0 aromatic heterocycles. The molecular formula is C16H27N3. The smallest absolute Gasteiger partial charge is 0.0672 e. The van der Waals surface area contributed by atoms with Gasteiger partial charge in [-0.05, 0) is 52.6 Å². The number of piperidine rings is 1. The van der Waals surface area contributed by atoms with Crippen molar-refractivity contribution in [3.63, 3.8) is 0 Å². The first-order valence-electron chi connectivity index (χ1n) is 7.70. The van der Waals surface area contributed by atoms with E-state index in [2.05, 4.69) is 36.2 Å². The molecule has 1 saturated heterocycles. The molecule has 106 valence electrons. The van der Waals surface area contributed by atoms with Crippen LogP contribution in [0.25, 0.3) is 0 Å². The van der Waals surface area contributed by atoms with Gasteiger partial charge in [0.15, 0.2) is 0 Å². The molecule has 1 saturated carbocycles. The zero-order valence-corrected chi connectivity index (χ0v) is 12.4. The van der Waals surface area contributed by atoms with Crippen molar-refractivity contribution in [2.24, 2.45) is 5.92 Å². The first-order chi connectivity index (χ1) is 9.19. The second kappa shape index (κ2) is 7.07. The van der Waals surface area contributed by atoms with E-state index >= 15 is 0 Å². The van der Waals surface area contributed by atoms with Gasteiger partial charge in [-0.3, -0.25) is 4.90 Å². The van der Waals surface area contributed by atoms with Crippen LogP contribution in [0.1, 0.15) is 46.0 Å². The van der Waals surface area contributed by atoms with Gasteiger partial charge in [0.1, 0.15) is 0 Å². The van der Waals surface area contributed by atoms with Crippen LogP contribution in [0.15, 0.2) is 11.6 Å². The lowest BCUT2D eigenvalue weighted by molar-refractivity contribution is 0.203. The third kappa shape index (κ3) is 4.33. The van der Waals surface area contributed by atoms with Crippen LogP contribution in [0.5, 0.6) is 0 Å². The molecule has 1 aliphatic carbocycles. The number of hydrogen-bond acceptors (Lipinski definition) is 3. The molecule has 0 aromatic carbocycles. The van der Waals surface area contributed by atoms with Crippen molar-refractivity contribution in [1.29, 1.82) is 5.26 Å². The fourth-order valence-corrected chi connectivity index (χ4v) is 3.21. The largest absolute Gasteiger partial charge is 0.310 e. The lowest BCUT2D eigenvalue weighted by Crippen LogP contribution is -2.47. The van der Waals surface area contributed by atoms with Gasteiger partial charge in [-0.2, -0.15) is 5.26 Å². The molecule has 1 aliphatic heterocycles. The monoisotopic (exact) mass is 261 g/mol. The van der Waals surface area contributed by atoms with Crippen LogP contribution in [0, 0.1) is 17.2 Å². The highest BCUT2D eigenvalue weighted by Crippen LogP contribution is 2.26. The number of allylic oxidation sites excluding steroid dienone is 1. The van der Waals surface area contributed by atoms with Crippen molar-refractivity contribution in [2.45, 2.75) is 58.0 Å². The third-order valence-corrected chi connectivity index (χ3v) is 4.48. The van der Waals surface area contributed by atoms with E-state index in [1.165, 1.54) is 44.3 Å². The maximum Gasteiger partial charge on any atom is 0.0672 e. The number of nitrogens with zero attached hydrogens (tertiary/aromatic N) is 2. The molecule has 3 heteroatoms. The first-order valence-corrected chi connectivity index (χ1v) is 7.70. The minimum atomic E-state index is 0.253. The van der Waals surface area contributed by atoms with Crippen molar-refractivity contribution in [3.05, 3.63) is 11.6 Å². The van der Waals surface area contributed by atoms with E-state index in [9.17, 15) is 0 Å². The van der Waals surface area contributed by atoms with Crippen molar-refractivity contribution >= 4 is 0 Å². The molecule has 1 N–H and O–H groups in total. The predicted molar refractivity (Wildman–Crippen MR) is 78.8 cm³/mol. The second-order valence-corrected chi connectivity index (χ2v) is 6.30. The Hall–Kier alpha value is -0.850. The summed E-state index contributed by atoms with van der Waals surface area (Å²) in [7, 11) is 0. The molecule has 19 heavy (non-hydrogen) atoms. The van der Waals surface area contributed by atoms with Gasteiger partial charge in [-0.25, -0.2) is 0 Å². The van der Waals surface area contributed by atoms with Gasteiger partial charge in [0.05, 0.1) is 12.0 Å². The standard InChI is InChI=1S/C16H27N3/c1-13(2)6-9-19-10-7-15(8-11-19)18-16-5-3-4-14(16)12-17/h6,14-16,18H,3-5,7-11H2,1-2H3. The Morgan fingerprint density at radius 2 is 2.00 bits per heavy atom.